The van der Waals surface area contributed by atoms with Crippen molar-refractivity contribution in [1.29, 1.82) is 0 Å². The lowest BCUT2D eigenvalue weighted by Crippen LogP contribution is -2.34. The maximum atomic E-state index is 12.7. The zero-order valence-electron chi connectivity index (χ0n) is 15.4. The lowest BCUT2D eigenvalue weighted by atomic mass is 10.0. The molecule has 1 aromatic heterocycles. The molecule has 0 radical (unpaired) electrons. The van der Waals surface area contributed by atoms with E-state index < -0.39 is 5.97 Å². The number of carbonyl (C=O) groups excluding carboxylic acids is 2. The normalized spacial score (nSPS) is 16.7. The molecule has 0 spiro atoms. The van der Waals surface area contributed by atoms with E-state index >= 15 is 0 Å². The van der Waals surface area contributed by atoms with Crippen LogP contribution < -0.4 is 10.2 Å². The van der Waals surface area contributed by atoms with Crippen LogP contribution in [0.2, 0.25) is 5.02 Å². The van der Waals surface area contributed by atoms with Crippen molar-refractivity contribution in [2.45, 2.75) is 19.8 Å². The Kier molecular flexibility index (Phi) is 5.96. The van der Waals surface area contributed by atoms with Gasteiger partial charge in [0.15, 0.2) is 0 Å². The van der Waals surface area contributed by atoms with E-state index in [1.54, 1.807) is 30.5 Å². The second-order valence-electron chi connectivity index (χ2n) is 6.74. The molecule has 0 bridgehead atoms. The Balaban J connectivity index is 1.79. The third-order valence-electron chi connectivity index (χ3n) is 4.62. The first-order chi connectivity index (χ1) is 13.0. The Morgan fingerprint density at radius 1 is 1.26 bits per heavy atom. The quantitative estimate of drug-likeness (QED) is 0.802. The number of piperidine rings is 1. The van der Waals surface area contributed by atoms with Crippen LogP contribution in [0, 0.1) is 5.92 Å². The van der Waals surface area contributed by atoms with Crippen LogP contribution in [0.4, 0.5) is 11.5 Å². The maximum absolute atomic E-state index is 12.7. The van der Waals surface area contributed by atoms with E-state index in [4.69, 9.17) is 16.3 Å². The Morgan fingerprint density at radius 3 is 2.81 bits per heavy atom. The monoisotopic (exact) mass is 387 g/mol. The van der Waals surface area contributed by atoms with Crippen LogP contribution in [0.25, 0.3) is 0 Å². The molecule has 0 aliphatic carbocycles. The summed E-state index contributed by atoms with van der Waals surface area (Å²) >= 11 is 6.16. The Labute approximate surface area is 163 Å². The van der Waals surface area contributed by atoms with E-state index in [0.717, 1.165) is 25.3 Å². The molecule has 2 heterocycles. The summed E-state index contributed by atoms with van der Waals surface area (Å²) in [6.45, 7) is 4.10. The Hall–Kier alpha value is -2.60. The lowest BCUT2D eigenvalue weighted by molar-refractivity contribution is 0.0600. The van der Waals surface area contributed by atoms with Gasteiger partial charge in [0.05, 0.1) is 23.4 Å². The van der Waals surface area contributed by atoms with E-state index in [0.29, 0.717) is 27.8 Å². The highest BCUT2D eigenvalue weighted by atomic mass is 35.5. The van der Waals surface area contributed by atoms with Gasteiger partial charge in [-0.2, -0.15) is 0 Å². The molecule has 3 rings (SSSR count). The van der Waals surface area contributed by atoms with Crippen molar-refractivity contribution in [3.05, 3.63) is 52.7 Å². The number of methoxy groups -OCH3 is 1. The van der Waals surface area contributed by atoms with Gasteiger partial charge in [-0.05, 0) is 49.1 Å². The maximum Gasteiger partial charge on any atom is 0.337 e. The number of nitrogens with one attached hydrogen (secondary N) is 1. The van der Waals surface area contributed by atoms with Crippen LogP contribution in [0.15, 0.2) is 36.5 Å². The SMILES string of the molecule is COC(=O)c1ccc(Cl)c(NC(=O)c2ccnc(N3CCCC(C)C3)c2)c1. The molecular formula is C20H22ClN3O3. The molecule has 1 atom stereocenters. The van der Waals surface area contributed by atoms with E-state index in [1.807, 2.05) is 0 Å². The molecule has 2 aromatic rings. The average Bonchev–Trinajstić information content (AvgIpc) is 2.69. The predicted octanol–water partition coefficient (Wildman–Crippen LogP) is 4.01. The van der Waals surface area contributed by atoms with Crippen LogP contribution in [0.1, 0.15) is 40.5 Å². The van der Waals surface area contributed by atoms with Crippen LogP contribution in [0.3, 0.4) is 0 Å². The molecule has 1 aliphatic heterocycles. The van der Waals surface area contributed by atoms with E-state index in [-0.39, 0.29) is 5.91 Å². The fourth-order valence-corrected chi connectivity index (χ4v) is 3.36. The van der Waals surface area contributed by atoms with E-state index in [9.17, 15) is 9.59 Å². The van der Waals surface area contributed by atoms with Crippen LogP contribution in [-0.2, 0) is 4.74 Å². The predicted molar refractivity (Wildman–Crippen MR) is 106 cm³/mol. The summed E-state index contributed by atoms with van der Waals surface area (Å²) in [5, 5.41) is 3.10. The molecule has 142 valence electrons. The van der Waals surface area contributed by atoms with Gasteiger partial charge in [-0.15, -0.1) is 0 Å². The molecule has 1 unspecified atom stereocenters. The van der Waals surface area contributed by atoms with Crippen molar-refractivity contribution in [2.75, 3.05) is 30.4 Å². The number of halogens is 1. The first kappa shape index (κ1) is 19.2. The van der Waals surface area contributed by atoms with Crippen molar-refractivity contribution in [1.82, 2.24) is 4.98 Å². The smallest absolute Gasteiger partial charge is 0.337 e. The minimum Gasteiger partial charge on any atom is -0.465 e. The summed E-state index contributed by atoms with van der Waals surface area (Å²) in [5.41, 5.74) is 1.15. The molecule has 1 saturated heterocycles. The van der Waals surface area contributed by atoms with Crippen LogP contribution in [0.5, 0.6) is 0 Å². The van der Waals surface area contributed by atoms with E-state index in [2.05, 4.69) is 22.1 Å². The first-order valence-electron chi connectivity index (χ1n) is 8.88. The van der Waals surface area contributed by atoms with Crippen molar-refractivity contribution >= 4 is 35.0 Å². The number of anilines is 2. The molecule has 1 amide bonds. The average molecular weight is 388 g/mol. The van der Waals surface area contributed by atoms with Gasteiger partial charge in [-0.25, -0.2) is 9.78 Å². The highest BCUT2D eigenvalue weighted by Gasteiger charge is 2.19. The fraction of sp³-hybridized carbons (Fsp3) is 0.350. The summed E-state index contributed by atoms with van der Waals surface area (Å²) in [6, 6.07) is 8.04. The third-order valence-corrected chi connectivity index (χ3v) is 4.95. The summed E-state index contributed by atoms with van der Waals surface area (Å²) in [6.07, 6.45) is 3.97. The van der Waals surface area contributed by atoms with Crippen molar-refractivity contribution < 1.29 is 14.3 Å². The molecule has 1 aromatic carbocycles. The van der Waals surface area contributed by atoms with E-state index in [1.165, 1.54) is 19.6 Å². The first-order valence-corrected chi connectivity index (χ1v) is 9.26. The highest BCUT2D eigenvalue weighted by Crippen LogP contribution is 2.25. The number of amides is 1. The van der Waals surface area contributed by atoms with Crippen molar-refractivity contribution in [3.8, 4) is 0 Å². The number of nitrogens with zero attached hydrogens (tertiary/aromatic N) is 2. The summed E-state index contributed by atoms with van der Waals surface area (Å²) < 4.78 is 4.70. The number of pyridine rings is 1. The summed E-state index contributed by atoms with van der Waals surface area (Å²) in [7, 11) is 1.30. The summed E-state index contributed by atoms with van der Waals surface area (Å²) in [5.74, 6) is 0.599. The van der Waals surface area contributed by atoms with Crippen molar-refractivity contribution in [3.63, 3.8) is 0 Å². The molecule has 27 heavy (non-hydrogen) atoms. The number of ether oxygens (including phenoxy) is 1. The standard InChI is InChI=1S/C20H22ClN3O3/c1-13-4-3-9-24(12-13)18-11-14(7-8-22-18)19(25)23-17-10-15(20(26)27-2)5-6-16(17)21/h5-8,10-11,13H,3-4,9,12H2,1-2H3,(H,23,25). The summed E-state index contributed by atoms with van der Waals surface area (Å²) in [4.78, 5) is 31.0. The van der Waals surface area contributed by atoms with Gasteiger partial charge in [-0.3, -0.25) is 4.79 Å². The molecule has 1 N–H and O–H groups in total. The lowest BCUT2D eigenvalue weighted by Gasteiger charge is -2.31. The van der Waals surface area contributed by atoms with Gasteiger partial charge in [0.2, 0.25) is 0 Å². The second-order valence-corrected chi connectivity index (χ2v) is 7.14. The molecule has 1 aliphatic rings. The number of hydrogen-bond donors (Lipinski definition) is 1. The highest BCUT2D eigenvalue weighted by molar-refractivity contribution is 6.34. The van der Waals surface area contributed by atoms with Gasteiger partial charge >= 0.3 is 5.97 Å². The second kappa shape index (κ2) is 8.39. The number of hydrogen-bond acceptors (Lipinski definition) is 5. The molecular weight excluding hydrogens is 366 g/mol. The molecule has 6 nitrogen and oxygen atoms in total. The third kappa shape index (κ3) is 4.57. The number of aromatic nitrogens is 1. The van der Waals surface area contributed by atoms with Gasteiger partial charge < -0.3 is 15.0 Å². The minimum absolute atomic E-state index is 0.312. The zero-order chi connectivity index (χ0) is 19.4. The zero-order valence-corrected chi connectivity index (χ0v) is 16.1. The number of benzene rings is 1. The van der Waals surface area contributed by atoms with Crippen LogP contribution in [-0.4, -0.2) is 37.1 Å². The fourth-order valence-electron chi connectivity index (χ4n) is 3.19. The number of carbonyl (C=O) groups is 2. The van der Waals surface area contributed by atoms with Crippen molar-refractivity contribution in [2.24, 2.45) is 5.92 Å². The molecule has 7 heteroatoms. The van der Waals surface area contributed by atoms with Crippen LogP contribution >= 0.6 is 11.6 Å². The molecule has 0 saturated carbocycles. The molecule has 1 fully saturated rings. The van der Waals surface area contributed by atoms with Gasteiger partial charge in [-0.1, -0.05) is 18.5 Å². The minimum atomic E-state index is -0.493. The number of rotatable bonds is 4. The van der Waals surface area contributed by atoms with Gasteiger partial charge in [0.25, 0.3) is 5.91 Å². The topological polar surface area (TPSA) is 71.5 Å². The Morgan fingerprint density at radius 2 is 2.07 bits per heavy atom. The van der Waals surface area contributed by atoms with Gasteiger partial charge in [0.1, 0.15) is 5.82 Å². The Bertz CT molecular complexity index is 856. The number of esters is 1. The largest absolute Gasteiger partial charge is 0.465 e. The van der Waals surface area contributed by atoms with Gasteiger partial charge in [0, 0.05) is 24.8 Å².